The molecule has 4 nitrogen and oxygen atoms in total. The first-order chi connectivity index (χ1) is 16.3. The van der Waals surface area contributed by atoms with Gasteiger partial charge in [0.05, 0.1) is 5.41 Å². The summed E-state index contributed by atoms with van der Waals surface area (Å²) in [6.07, 6.45) is 0. The Morgan fingerprint density at radius 1 is 0.515 bits per heavy atom. The van der Waals surface area contributed by atoms with Crippen LogP contribution in [0.2, 0.25) is 0 Å². The van der Waals surface area contributed by atoms with Crippen LogP contribution in [0.15, 0.2) is 97.1 Å². The Morgan fingerprint density at radius 3 is 1.30 bits per heavy atom. The minimum Gasteiger partial charge on any atom is -0.468 e. The molecule has 0 aliphatic heterocycles. The van der Waals surface area contributed by atoms with Crippen LogP contribution < -0.4 is 9.47 Å². The second-order valence-corrected chi connectivity index (χ2v) is 7.99. The van der Waals surface area contributed by atoms with Crippen molar-refractivity contribution in [3.05, 3.63) is 119 Å². The molecule has 33 heavy (non-hydrogen) atoms. The summed E-state index contributed by atoms with van der Waals surface area (Å²) in [6.45, 7) is 0.443. The lowest BCUT2D eigenvalue weighted by Gasteiger charge is -2.34. The highest BCUT2D eigenvalue weighted by Crippen LogP contribution is 2.56. The number of fused-ring (bicyclic) bond motifs is 3. The third-order valence-corrected chi connectivity index (χ3v) is 6.21. The van der Waals surface area contributed by atoms with Gasteiger partial charge in [0, 0.05) is 14.2 Å². The van der Waals surface area contributed by atoms with Gasteiger partial charge in [0.25, 0.3) is 0 Å². The quantitative estimate of drug-likeness (QED) is 0.278. The van der Waals surface area contributed by atoms with Crippen LogP contribution in [-0.4, -0.2) is 27.8 Å². The van der Waals surface area contributed by atoms with Gasteiger partial charge in [0.15, 0.2) is 13.6 Å². The van der Waals surface area contributed by atoms with Gasteiger partial charge in [-0.2, -0.15) is 0 Å². The fourth-order valence-corrected chi connectivity index (χ4v) is 4.88. The van der Waals surface area contributed by atoms with Crippen molar-refractivity contribution in [3.63, 3.8) is 0 Å². The van der Waals surface area contributed by atoms with Crippen molar-refractivity contribution in [2.24, 2.45) is 0 Å². The molecular formula is C29H26O4. The molecule has 4 aromatic rings. The van der Waals surface area contributed by atoms with Gasteiger partial charge in [-0.3, -0.25) is 0 Å². The molecule has 0 fully saturated rings. The lowest BCUT2D eigenvalue weighted by atomic mass is 9.68. The second kappa shape index (κ2) is 9.10. The van der Waals surface area contributed by atoms with Crippen LogP contribution in [-0.2, 0) is 14.9 Å². The van der Waals surface area contributed by atoms with E-state index in [0.29, 0.717) is 0 Å². The Labute approximate surface area is 194 Å². The van der Waals surface area contributed by atoms with E-state index in [1.54, 1.807) is 14.2 Å². The van der Waals surface area contributed by atoms with E-state index in [0.717, 1.165) is 11.5 Å². The summed E-state index contributed by atoms with van der Waals surface area (Å²) in [5, 5.41) is 0. The van der Waals surface area contributed by atoms with E-state index < -0.39 is 5.41 Å². The molecule has 0 aromatic heterocycles. The van der Waals surface area contributed by atoms with Crippen molar-refractivity contribution in [1.82, 2.24) is 0 Å². The zero-order chi connectivity index (χ0) is 22.7. The predicted molar refractivity (Wildman–Crippen MR) is 129 cm³/mol. The molecule has 5 rings (SSSR count). The van der Waals surface area contributed by atoms with Gasteiger partial charge in [0.2, 0.25) is 0 Å². The average molecular weight is 439 g/mol. The molecule has 1 aliphatic carbocycles. The molecule has 0 N–H and O–H groups in total. The molecule has 0 radical (unpaired) electrons. The topological polar surface area (TPSA) is 36.9 Å². The Morgan fingerprint density at radius 2 is 0.909 bits per heavy atom. The van der Waals surface area contributed by atoms with Crippen molar-refractivity contribution in [2.45, 2.75) is 5.41 Å². The third kappa shape index (κ3) is 3.58. The summed E-state index contributed by atoms with van der Waals surface area (Å²) < 4.78 is 21.4. The van der Waals surface area contributed by atoms with Crippen LogP contribution in [0.5, 0.6) is 11.5 Å². The summed E-state index contributed by atoms with van der Waals surface area (Å²) in [5.74, 6) is 1.55. The third-order valence-electron chi connectivity index (χ3n) is 6.21. The fraction of sp³-hybridized carbons (Fsp3) is 0.172. The molecule has 0 unspecified atom stereocenters. The number of ether oxygens (including phenoxy) is 4. The first-order valence-corrected chi connectivity index (χ1v) is 10.9. The van der Waals surface area contributed by atoms with Crippen molar-refractivity contribution >= 4 is 0 Å². The smallest absolute Gasteiger partial charge is 0.188 e. The number of hydrogen-bond acceptors (Lipinski definition) is 4. The summed E-state index contributed by atoms with van der Waals surface area (Å²) in [5.41, 5.74) is 6.95. The summed E-state index contributed by atoms with van der Waals surface area (Å²) in [4.78, 5) is 0. The van der Waals surface area contributed by atoms with Crippen LogP contribution >= 0.6 is 0 Å². The zero-order valence-electron chi connectivity index (χ0n) is 18.8. The van der Waals surface area contributed by atoms with Crippen LogP contribution in [0, 0.1) is 0 Å². The van der Waals surface area contributed by atoms with Gasteiger partial charge in [0.1, 0.15) is 11.5 Å². The second-order valence-electron chi connectivity index (χ2n) is 7.99. The standard InChI is InChI=1S/C29H26O4/c1-30-19-32-23-15-11-21(12-16-23)29(22-13-17-24(18-14-22)33-20-31-2)27-9-5-3-7-25(27)26-8-4-6-10-28(26)29/h3-18H,19-20H2,1-2H3. The van der Waals surface area contributed by atoms with E-state index in [1.165, 1.54) is 33.4 Å². The van der Waals surface area contributed by atoms with Crippen molar-refractivity contribution in [2.75, 3.05) is 27.8 Å². The maximum atomic E-state index is 5.65. The number of methoxy groups -OCH3 is 2. The Kier molecular flexibility index (Phi) is 5.86. The van der Waals surface area contributed by atoms with Crippen molar-refractivity contribution in [1.29, 1.82) is 0 Å². The first-order valence-electron chi connectivity index (χ1n) is 10.9. The largest absolute Gasteiger partial charge is 0.468 e. The molecule has 0 atom stereocenters. The van der Waals surface area contributed by atoms with Crippen LogP contribution in [0.25, 0.3) is 11.1 Å². The number of hydrogen-bond donors (Lipinski definition) is 0. The molecule has 0 saturated heterocycles. The van der Waals surface area contributed by atoms with Gasteiger partial charge in [-0.15, -0.1) is 0 Å². The van der Waals surface area contributed by atoms with Gasteiger partial charge in [-0.25, -0.2) is 0 Å². The molecule has 0 amide bonds. The van der Waals surface area contributed by atoms with E-state index in [9.17, 15) is 0 Å². The van der Waals surface area contributed by atoms with Crippen molar-refractivity contribution in [3.8, 4) is 22.6 Å². The van der Waals surface area contributed by atoms with E-state index in [2.05, 4.69) is 72.8 Å². The van der Waals surface area contributed by atoms with Gasteiger partial charge < -0.3 is 18.9 Å². The maximum Gasteiger partial charge on any atom is 0.188 e. The monoisotopic (exact) mass is 438 g/mol. The van der Waals surface area contributed by atoms with Crippen LogP contribution in [0.3, 0.4) is 0 Å². The molecule has 1 aliphatic rings. The highest BCUT2D eigenvalue weighted by molar-refractivity contribution is 5.86. The molecule has 166 valence electrons. The Hall–Kier alpha value is -3.60. The summed E-state index contributed by atoms with van der Waals surface area (Å²) in [7, 11) is 3.24. The lowest BCUT2D eigenvalue weighted by molar-refractivity contribution is 0.0509. The zero-order valence-corrected chi connectivity index (χ0v) is 18.8. The predicted octanol–water partition coefficient (Wildman–Crippen LogP) is 6.02. The summed E-state index contributed by atoms with van der Waals surface area (Å²) in [6, 6.07) is 34.0. The van der Waals surface area contributed by atoms with Gasteiger partial charge >= 0.3 is 0 Å². The van der Waals surface area contributed by atoms with Crippen LogP contribution in [0.1, 0.15) is 22.3 Å². The average Bonchev–Trinajstić information content (AvgIpc) is 3.18. The molecule has 0 bridgehead atoms. The summed E-state index contributed by atoms with van der Waals surface area (Å²) >= 11 is 0. The molecule has 0 saturated carbocycles. The number of benzene rings is 4. The van der Waals surface area contributed by atoms with E-state index in [1.807, 2.05) is 24.3 Å². The van der Waals surface area contributed by atoms with E-state index in [4.69, 9.17) is 18.9 Å². The number of rotatable bonds is 8. The molecule has 4 heteroatoms. The first kappa shape index (κ1) is 21.3. The molecular weight excluding hydrogens is 412 g/mol. The lowest BCUT2D eigenvalue weighted by Crippen LogP contribution is -2.28. The maximum absolute atomic E-state index is 5.65. The fourth-order valence-electron chi connectivity index (χ4n) is 4.88. The van der Waals surface area contributed by atoms with Crippen LogP contribution in [0.4, 0.5) is 0 Å². The Balaban J connectivity index is 1.72. The van der Waals surface area contributed by atoms with Crippen molar-refractivity contribution < 1.29 is 18.9 Å². The Bertz CT molecular complexity index is 1130. The highest BCUT2D eigenvalue weighted by atomic mass is 16.7. The normalized spacial score (nSPS) is 13.3. The molecule has 0 spiro atoms. The molecule has 4 aromatic carbocycles. The van der Waals surface area contributed by atoms with E-state index >= 15 is 0 Å². The SMILES string of the molecule is COCOc1ccc(C2(c3ccc(OCOC)cc3)c3ccccc3-c3ccccc32)cc1. The van der Waals surface area contributed by atoms with E-state index in [-0.39, 0.29) is 13.6 Å². The van der Waals surface area contributed by atoms with Gasteiger partial charge in [-0.05, 0) is 57.6 Å². The highest BCUT2D eigenvalue weighted by Gasteiger charge is 2.45. The minimum absolute atomic E-state index is 0.221. The van der Waals surface area contributed by atoms with Gasteiger partial charge in [-0.1, -0.05) is 72.8 Å². The molecule has 0 heterocycles. The minimum atomic E-state index is -0.452.